The van der Waals surface area contributed by atoms with Gasteiger partial charge in [-0.2, -0.15) is 10.2 Å². The molecule has 2 aliphatic heterocycles. The third kappa shape index (κ3) is 4.85. The minimum absolute atomic E-state index is 0.101. The minimum atomic E-state index is -0.408. The van der Waals surface area contributed by atoms with E-state index in [1.165, 1.54) is 4.68 Å². The van der Waals surface area contributed by atoms with Crippen LogP contribution in [0.5, 0.6) is 5.88 Å². The van der Waals surface area contributed by atoms with E-state index in [9.17, 15) is 4.79 Å². The fraction of sp³-hybridized carbons (Fsp3) is 0.520. The molecule has 5 rings (SSSR count). The molecule has 2 aliphatic rings. The summed E-state index contributed by atoms with van der Waals surface area (Å²) in [5.74, 6) is 0.555. The van der Waals surface area contributed by atoms with Crippen molar-refractivity contribution in [2.45, 2.75) is 51.8 Å². The Morgan fingerprint density at radius 3 is 2.83 bits per heavy atom. The van der Waals surface area contributed by atoms with E-state index in [1.807, 2.05) is 24.0 Å². The molecular weight excluding hydrogens is 484 g/mol. The number of hydrogen-bond acceptors (Lipinski definition) is 8. The summed E-state index contributed by atoms with van der Waals surface area (Å²) in [6.45, 7) is 6.89. The molecule has 0 aliphatic carbocycles. The summed E-state index contributed by atoms with van der Waals surface area (Å²) in [6, 6.07) is 4.32. The summed E-state index contributed by atoms with van der Waals surface area (Å²) in [7, 11) is 0. The summed E-state index contributed by atoms with van der Waals surface area (Å²) in [4.78, 5) is 18.9. The zero-order valence-corrected chi connectivity index (χ0v) is 21.3. The second kappa shape index (κ2) is 10.6. The molecule has 2 saturated heterocycles. The van der Waals surface area contributed by atoms with Crippen LogP contribution in [0.3, 0.4) is 0 Å². The van der Waals surface area contributed by atoms with Gasteiger partial charge in [0.1, 0.15) is 11.1 Å². The Kier molecular flexibility index (Phi) is 7.27. The van der Waals surface area contributed by atoms with Crippen molar-refractivity contribution in [3.8, 4) is 17.0 Å². The molecule has 0 bridgehead atoms. The smallest absolute Gasteiger partial charge is 0.287 e. The normalized spacial score (nSPS) is 18.7. The Hall–Kier alpha value is -2.95. The lowest BCUT2D eigenvalue weighted by Crippen LogP contribution is -2.30. The van der Waals surface area contributed by atoms with Crippen LogP contribution in [0.4, 0.5) is 5.69 Å². The van der Waals surface area contributed by atoms with Crippen molar-refractivity contribution < 1.29 is 14.6 Å². The van der Waals surface area contributed by atoms with E-state index in [-0.39, 0.29) is 24.3 Å². The molecule has 0 amide bonds. The lowest BCUT2D eigenvalue weighted by Gasteiger charge is -2.23. The van der Waals surface area contributed by atoms with E-state index in [0.29, 0.717) is 30.7 Å². The van der Waals surface area contributed by atoms with Gasteiger partial charge in [-0.3, -0.25) is 9.48 Å². The monoisotopic (exact) mass is 514 g/mol. The van der Waals surface area contributed by atoms with Crippen LogP contribution in [0.2, 0.25) is 5.02 Å². The van der Waals surface area contributed by atoms with Gasteiger partial charge < -0.3 is 19.5 Å². The number of anilines is 1. The van der Waals surface area contributed by atoms with Crippen LogP contribution >= 0.6 is 11.6 Å². The van der Waals surface area contributed by atoms with Gasteiger partial charge in [0.25, 0.3) is 5.56 Å². The number of aliphatic hydroxyl groups is 1. The number of aliphatic hydroxyl groups excluding tert-OH is 1. The summed E-state index contributed by atoms with van der Waals surface area (Å²) in [6.07, 6.45) is 5.95. The molecule has 1 atom stereocenters. The van der Waals surface area contributed by atoms with Gasteiger partial charge >= 0.3 is 0 Å². The molecule has 192 valence electrons. The number of rotatable bonds is 7. The number of halogens is 1. The van der Waals surface area contributed by atoms with E-state index < -0.39 is 5.56 Å². The first-order chi connectivity index (χ1) is 17.5. The third-order valence-corrected chi connectivity index (χ3v) is 7.29. The molecule has 0 aromatic carbocycles. The van der Waals surface area contributed by atoms with Crippen molar-refractivity contribution in [3.63, 3.8) is 0 Å². The molecule has 10 nitrogen and oxygen atoms in total. The molecule has 2 fully saturated rings. The van der Waals surface area contributed by atoms with Crippen molar-refractivity contribution in [1.29, 1.82) is 0 Å². The molecule has 5 heterocycles. The van der Waals surface area contributed by atoms with Gasteiger partial charge in [0, 0.05) is 49.7 Å². The van der Waals surface area contributed by atoms with Crippen LogP contribution in [0.15, 0.2) is 29.3 Å². The van der Waals surface area contributed by atoms with E-state index >= 15 is 0 Å². The number of pyridine rings is 1. The predicted octanol–water partition coefficient (Wildman–Crippen LogP) is 2.77. The standard InChI is InChI=1S/C25H31ClN6O4/c1-16-23(17(2)32(29-16)19-5-11-35-12-6-19)18-3-7-27-22(13-18)36-20-4-8-30(15-20)21-14-28-31(9-10-33)25(34)24(21)26/h3,7,13-14,19-20,33H,4-6,8-12,15H2,1-2H3/t20-/m1/s1. The molecule has 3 aromatic rings. The molecule has 0 radical (unpaired) electrons. The van der Waals surface area contributed by atoms with Gasteiger partial charge in [-0.05, 0) is 38.3 Å². The molecule has 36 heavy (non-hydrogen) atoms. The molecule has 0 spiro atoms. The highest BCUT2D eigenvalue weighted by molar-refractivity contribution is 6.33. The Balaban J connectivity index is 1.30. The first kappa shape index (κ1) is 24.7. The van der Waals surface area contributed by atoms with Crippen molar-refractivity contribution >= 4 is 17.3 Å². The molecule has 0 unspecified atom stereocenters. The second-order valence-electron chi connectivity index (χ2n) is 9.29. The van der Waals surface area contributed by atoms with Crippen LogP contribution in [0.1, 0.15) is 36.7 Å². The van der Waals surface area contributed by atoms with Crippen LogP contribution in [0, 0.1) is 13.8 Å². The van der Waals surface area contributed by atoms with Crippen LogP contribution in [-0.4, -0.2) is 68.7 Å². The van der Waals surface area contributed by atoms with Gasteiger partial charge in [-0.15, -0.1) is 0 Å². The summed E-state index contributed by atoms with van der Waals surface area (Å²) < 4.78 is 15.1. The first-order valence-corrected chi connectivity index (χ1v) is 12.7. The highest BCUT2D eigenvalue weighted by atomic mass is 35.5. The number of ether oxygens (including phenoxy) is 2. The van der Waals surface area contributed by atoms with Crippen LogP contribution < -0.4 is 15.2 Å². The Labute approximate surface area is 214 Å². The van der Waals surface area contributed by atoms with Gasteiger partial charge in [0.15, 0.2) is 0 Å². The quantitative estimate of drug-likeness (QED) is 0.513. The Morgan fingerprint density at radius 2 is 2.06 bits per heavy atom. The predicted molar refractivity (Wildman–Crippen MR) is 136 cm³/mol. The maximum absolute atomic E-state index is 12.4. The van der Waals surface area contributed by atoms with E-state index in [4.69, 9.17) is 31.3 Å². The minimum Gasteiger partial charge on any atom is -0.472 e. The molecule has 11 heteroatoms. The zero-order chi connectivity index (χ0) is 25.2. The largest absolute Gasteiger partial charge is 0.472 e. The zero-order valence-electron chi connectivity index (χ0n) is 20.6. The number of aromatic nitrogens is 5. The molecule has 0 saturated carbocycles. The summed E-state index contributed by atoms with van der Waals surface area (Å²) in [5, 5.41) is 18.2. The Bertz CT molecular complexity index is 1290. The third-order valence-electron chi connectivity index (χ3n) is 6.94. The maximum Gasteiger partial charge on any atom is 0.287 e. The summed E-state index contributed by atoms with van der Waals surface area (Å²) in [5.41, 5.74) is 4.44. The van der Waals surface area contributed by atoms with Gasteiger partial charge in [0.2, 0.25) is 5.88 Å². The fourth-order valence-electron chi connectivity index (χ4n) is 5.14. The highest BCUT2D eigenvalue weighted by Crippen LogP contribution is 2.33. The van der Waals surface area contributed by atoms with Gasteiger partial charge in [-0.25, -0.2) is 9.67 Å². The van der Waals surface area contributed by atoms with E-state index in [1.54, 1.807) is 12.4 Å². The van der Waals surface area contributed by atoms with Crippen molar-refractivity contribution in [2.75, 3.05) is 37.8 Å². The van der Waals surface area contributed by atoms with Crippen LogP contribution in [0.25, 0.3) is 11.1 Å². The van der Waals surface area contributed by atoms with Crippen molar-refractivity contribution in [3.05, 3.63) is 51.3 Å². The average molecular weight is 515 g/mol. The lowest BCUT2D eigenvalue weighted by molar-refractivity contribution is 0.0656. The topological polar surface area (TPSA) is 108 Å². The summed E-state index contributed by atoms with van der Waals surface area (Å²) >= 11 is 6.33. The number of nitrogens with zero attached hydrogens (tertiary/aromatic N) is 6. The average Bonchev–Trinajstić information content (AvgIpc) is 3.46. The van der Waals surface area contributed by atoms with E-state index in [0.717, 1.165) is 55.0 Å². The fourth-order valence-corrected chi connectivity index (χ4v) is 5.41. The Morgan fingerprint density at radius 1 is 1.25 bits per heavy atom. The number of hydrogen-bond donors (Lipinski definition) is 1. The second-order valence-corrected chi connectivity index (χ2v) is 9.66. The lowest BCUT2D eigenvalue weighted by atomic mass is 10.0. The SMILES string of the molecule is Cc1nn(C2CCOCC2)c(C)c1-c1ccnc(O[C@@H]2CCN(c3cnn(CCO)c(=O)c3Cl)C2)c1. The van der Waals surface area contributed by atoms with Crippen LogP contribution in [-0.2, 0) is 11.3 Å². The molecular formula is C25H31ClN6O4. The first-order valence-electron chi connectivity index (χ1n) is 12.3. The number of aryl methyl sites for hydroxylation is 1. The van der Waals surface area contributed by atoms with Gasteiger partial charge in [0.05, 0.1) is 43.3 Å². The van der Waals surface area contributed by atoms with Crippen molar-refractivity contribution in [2.24, 2.45) is 0 Å². The maximum atomic E-state index is 12.4. The van der Waals surface area contributed by atoms with Gasteiger partial charge in [-0.1, -0.05) is 11.6 Å². The molecule has 1 N–H and O–H groups in total. The molecule has 3 aromatic heterocycles. The van der Waals surface area contributed by atoms with Crippen molar-refractivity contribution in [1.82, 2.24) is 24.5 Å². The highest BCUT2D eigenvalue weighted by Gasteiger charge is 2.28. The van der Waals surface area contributed by atoms with E-state index in [2.05, 4.69) is 21.7 Å².